The first-order valence-electron chi connectivity index (χ1n) is 5.78. The molecule has 0 saturated carbocycles. The second kappa shape index (κ2) is 5.79. The zero-order valence-corrected chi connectivity index (χ0v) is 10.4. The van der Waals surface area contributed by atoms with Gasteiger partial charge in [-0.15, -0.1) is 0 Å². The van der Waals surface area contributed by atoms with Gasteiger partial charge in [-0.3, -0.25) is 20.2 Å². The number of non-ortho nitro benzene ring substituents is 1. The average Bonchev–Trinajstić information content (AvgIpc) is 2.45. The molecule has 0 bridgehead atoms. The molecule has 0 aliphatic heterocycles. The molecule has 0 atom stereocenters. The molecule has 1 N–H and O–H groups in total. The fourth-order valence-corrected chi connectivity index (χ4v) is 1.73. The van der Waals surface area contributed by atoms with Crippen LogP contribution >= 0.6 is 0 Å². The number of nitrogens with one attached hydrogen (secondary N) is 1. The number of nitrogens with zero attached hydrogens (tertiary/aromatic N) is 2. The molecule has 7 heteroatoms. The van der Waals surface area contributed by atoms with Crippen molar-refractivity contribution in [3.05, 3.63) is 74.3 Å². The van der Waals surface area contributed by atoms with Gasteiger partial charge >= 0.3 is 0 Å². The van der Waals surface area contributed by atoms with Crippen molar-refractivity contribution in [3.8, 4) is 0 Å². The topological polar surface area (TPSA) is 98.3 Å². The maximum Gasteiger partial charge on any atom is 0.299 e. The third kappa shape index (κ3) is 3.08. The Balaban J connectivity index is 2.23. The summed E-state index contributed by atoms with van der Waals surface area (Å²) in [5.74, 6) is 0. The predicted molar refractivity (Wildman–Crippen MR) is 73.5 cm³/mol. The minimum atomic E-state index is -0.659. The van der Waals surface area contributed by atoms with E-state index < -0.39 is 9.85 Å². The smallest absolute Gasteiger partial charge is 0.299 e. The van der Waals surface area contributed by atoms with Crippen molar-refractivity contribution in [2.24, 2.45) is 0 Å². The molecule has 0 radical (unpaired) electrons. The molecule has 0 amide bonds. The Morgan fingerprint density at radius 3 is 2.25 bits per heavy atom. The van der Waals surface area contributed by atoms with Gasteiger partial charge in [-0.25, -0.2) is 0 Å². The van der Waals surface area contributed by atoms with Crippen molar-refractivity contribution in [1.82, 2.24) is 0 Å². The van der Waals surface area contributed by atoms with Crippen LogP contribution in [0.1, 0.15) is 5.56 Å². The van der Waals surface area contributed by atoms with Crippen LogP contribution in [0, 0.1) is 20.2 Å². The molecule has 0 aromatic heterocycles. The zero-order valence-electron chi connectivity index (χ0n) is 10.4. The van der Waals surface area contributed by atoms with Gasteiger partial charge in [0.2, 0.25) is 0 Å². The molecule has 20 heavy (non-hydrogen) atoms. The highest BCUT2D eigenvalue weighted by atomic mass is 16.6. The van der Waals surface area contributed by atoms with Gasteiger partial charge in [0.15, 0.2) is 0 Å². The van der Waals surface area contributed by atoms with Gasteiger partial charge in [-0.05, 0) is 11.6 Å². The number of nitro groups is 2. The van der Waals surface area contributed by atoms with E-state index in [0.29, 0.717) is 6.54 Å². The number of hydrogen-bond donors (Lipinski definition) is 1. The number of anilines is 1. The van der Waals surface area contributed by atoms with Gasteiger partial charge in [0.25, 0.3) is 11.4 Å². The molecule has 0 fully saturated rings. The van der Waals surface area contributed by atoms with Crippen molar-refractivity contribution < 1.29 is 9.85 Å². The molecule has 0 heterocycles. The van der Waals surface area contributed by atoms with Crippen molar-refractivity contribution in [1.29, 1.82) is 0 Å². The molecule has 2 rings (SSSR count). The van der Waals surface area contributed by atoms with E-state index in [-0.39, 0.29) is 17.1 Å². The SMILES string of the molecule is O=[N+]([O-])c1ccc(NCc2ccccc2)c([N+](=O)[O-])c1. The monoisotopic (exact) mass is 273 g/mol. The summed E-state index contributed by atoms with van der Waals surface area (Å²) in [6.07, 6.45) is 0. The molecule has 0 aliphatic rings. The molecule has 0 aliphatic carbocycles. The van der Waals surface area contributed by atoms with Crippen LogP contribution in [0.5, 0.6) is 0 Å². The minimum Gasteiger partial charge on any atom is -0.375 e. The Morgan fingerprint density at radius 2 is 1.65 bits per heavy atom. The maximum atomic E-state index is 11.0. The maximum absolute atomic E-state index is 11.0. The van der Waals surface area contributed by atoms with Gasteiger partial charge in [0, 0.05) is 12.6 Å². The van der Waals surface area contributed by atoms with Gasteiger partial charge in [0.05, 0.1) is 15.9 Å². The highest BCUT2D eigenvalue weighted by Crippen LogP contribution is 2.29. The first kappa shape index (κ1) is 13.5. The molecule has 0 unspecified atom stereocenters. The summed E-state index contributed by atoms with van der Waals surface area (Å²) in [4.78, 5) is 20.3. The van der Waals surface area contributed by atoms with Gasteiger partial charge in [-0.1, -0.05) is 30.3 Å². The zero-order chi connectivity index (χ0) is 14.5. The average molecular weight is 273 g/mol. The standard InChI is InChI=1S/C13H11N3O4/c17-15(18)11-6-7-12(13(8-11)16(19)20)14-9-10-4-2-1-3-5-10/h1-8,14H,9H2. The fourth-order valence-electron chi connectivity index (χ4n) is 1.73. The van der Waals surface area contributed by atoms with E-state index in [1.807, 2.05) is 30.3 Å². The lowest BCUT2D eigenvalue weighted by molar-refractivity contribution is -0.393. The van der Waals surface area contributed by atoms with Gasteiger partial charge in [-0.2, -0.15) is 0 Å². The predicted octanol–water partition coefficient (Wildman–Crippen LogP) is 3.12. The molecule has 0 saturated heterocycles. The van der Waals surface area contributed by atoms with E-state index in [1.54, 1.807) is 0 Å². The Labute approximate surface area is 114 Å². The van der Waals surface area contributed by atoms with Gasteiger partial charge in [0.1, 0.15) is 5.69 Å². The third-order valence-electron chi connectivity index (χ3n) is 2.71. The Kier molecular flexibility index (Phi) is 3.90. The summed E-state index contributed by atoms with van der Waals surface area (Å²) >= 11 is 0. The van der Waals surface area contributed by atoms with Crippen molar-refractivity contribution in [2.45, 2.75) is 6.54 Å². The Hall–Kier alpha value is -2.96. The van der Waals surface area contributed by atoms with Crippen LogP contribution in [-0.2, 0) is 6.54 Å². The van der Waals surface area contributed by atoms with Gasteiger partial charge < -0.3 is 5.32 Å². The van der Waals surface area contributed by atoms with E-state index in [1.165, 1.54) is 12.1 Å². The van der Waals surface area contributed by atoms with Crippen LogP contribution in [0.3, 0.4) is 0 Å². The largest absolute Gasteiger partial charge is 0.375 e. The summed E-state index contributed by atoms with van der Waals surface area (Å²) < 4.78 is 0. The van der Waals surface area contributed by atoms with E-state index in [0.717, 1.165) is 11.6 Å². The Bertz CT molecular complexity index is 643. The van der Waals surface area contributed by atoms with Crippen molar-refractivity contribution in [3.63, 3.8) is 0 Å². The quantitative estimate of drug-likeness (QED) is 0.666. The highest BCUT2D eigenvalue weighted by Gasteiger charge is 2.18. The van der Waals surface area contributed by atoms with Crippen LogP contribution in [0.4, 0.5) is 17.1 Å². The van der Waals surface area contributed by atoms with Crippen LogP contribution in [0.25, 0.3) is 0 Å². The molecule has 102 valence electrons. The summed E-state index contributed by atoms with van der Waals surface area (Å²) in [6, 6.07) is 12.9. The molecule has 2 aromatic carbocycles. The van der Waals surface area contributed by atoms with E-state index in [4.69, 9.17) is 0 Å². The summed E-state index contributed by atoms with van der Waals surface area (Å²) in [6.45, 7) is 0.402. The second-order valence-corrected chi connectivity index (χ2v) is 4.05. The van der Waals surface area contributed by atoms with E-state index in [2.05, 4.69) is 5.32 Å². The highest BCUT2D eigenvalue weighted by molar-refractivity contribution is 5.65. The van der Waals surface area contributed by atoms with Crippen LogP contribution in [0.2, 0.25) is 0 Å². The van der Waals surface area contributed by atoms with E-state index >= 15 is 0 Å². The molecule has 2 aromatic rings. The lowest BCUT2D eigenvalue weighted by Gasteiger charge is -2.07. The van der Waals surface area contributed by atoms with Crippen LogP contribution in [0.15, 0.2) is 48.5 Å². The lowest BCUT2D eigenvalue weighted by Crippen LogP contribution is -2.03. The van der Waals surface area contributed by atoms with Crippen molar-refractivity contribution >= 4 is 17.1 Å². The van der Waals surface area contributed by atoms with Crippen molar-refractivity contribution in [2.75, 3.05) is 5.32 Å². The minimum absolute atomic E-state index is 0.254. The Morgan fingerprint density at radius 1 is 0.950 bits per heavy atom. The number of hydrogen-bond acceptors (Lipinski definition) is 5. The molecule has 7 nitrogen and oxygen atoms in total. The number of rotatable bonds is 5. The third-order valence-corrected chi connectivity index (χ3v) is 2.71. The number of benzene rings is 2. The first-order valence-corrected chi connectivity index (χ1v) is 5.78. The molecular weight excluding hydrogens is 262 g/mol. The summed E-state index contributed by atoms with van der Waals surface area (Å²) in [7, 11) is 0. The lowest BCUT2D eigenvalue weighted by atomic mass is 10.2. The van der Waals surface area contributed by atoms with Crippen LogP contribution in [-0.4, -0.2) is 9.85 Å². The molecular formula is C13H11N3O4. The number of nitro benzene ring substituents is 2. The van der Waals surface area contributed by atoms with E-state index in [9.17, 15) is 20.2 Å². The second-order valence-electron chi connectivity index (χ2n) is 4.05. The molecule has 0 spiro atoms. The first-order chi connectivity index (χ1) is 9.58. The fraction of sp³-hybridized carbons (Fsp3) is 0.0769. The normalized spacial score (nSPS) is 10.0. The summed E-state index contributed by atoms with van der Waals surface area (Å²) in [5.41, 5.74) is 0.599. The van der Waals surface area contributed by atoms with Crippen LogP contribution < -0.4 is 5.32 Å². The summed E-state index contributed by atoms with van der Waals surface area (Å²) in [5, 5.41) is 24.5.